The maximum absolute atomic E-state index is 5.25. The minimum Gasteiger partial charge on any atom is -0.361 e. The molecule has 0 spiro atoms. The average Bonchev–Trinajstić information content (AvgIpc) is 2.47. The number of terminal acetylenes is 1. The maximum Gasteiger partial charge on any atom is 0.0489 e. The van der Waals surface area contributed by atoms with Gasteiger partial charge in [-0.15, -0.1) is 12.3 Å². The Balaban J connectivity index is 2.27. The summed E-state index contributed by atoms with van der Waals surface area (Å²) in [6, 6.07) is 2.23. The van der Waals surface area contributed by atoms with Crippen molar-refractivity contribution in [1.29, 1.82) is 0 Å². The highest BCUT2D eigenvalue weighted by Crippen LogP contribution is 2.21. The number of aryl methyl sites for hydroxylation is 2. The summed E-state index contributed by atoms with van der Waals surface area (Å²) in [4.78, 5) is 3.39. The Kier molecular flexibility index (Phi) is 1.91. The van der Waals surface area contributed by atoms with Gasteiger partial charge in [-0.1, -0.05) is 0 Å². The molecule has 0 bridgehead atoms. The number of hydrogen-bond donors (Lipinski definition) is 1. The van der Waals surface area contributed by atoms with E-state index in [2.05, 4.69) is 17.0 Å². The van der Waals surface area contributed by atoms with Gasteiger partial charge in [-0.25, -0.2) is 0 Å². The van der Waals surface area contributed by atoms with Crippen LogP contribution in [0.5, 0.6) is 0 Å². The topological polar surface area (TPSA) is 15.8 Å². The second-order valence-electron chi connectivity index (χ2n) is 3.39. The number of nitrogens with one attached hydrogen (secondary N) is 1. The number of fused-ring (bicyclic) bond motifs is 1. The third-order valence-corrected chi connectivity index (χ3v) is 2.46. The third kappa shape index (κ3) is 1.25. The molecule has 1 aromatic heterocycles. The second-order valence-corrected chi connectivity index (χ2v) is 3.39. The molecule has 0 atom stereocenters. The Labute approximate surface area is 73.2 Å². The lowest BCUT2D eigenvalue weighted by Gasteiger charge is -2.08. The van der Waals surface area contributed by atoms with Crippen molar-refractivity contribution in [2.75, 3.05) is 0 Å². The summed E-state index contributed by atoms with van der Waals surface area (Å²) in [5.41, 5.74) is 4.13. The molecule has 0 saturated carbocycles. The molecular weight excluding hydrogens is 146 g/mol. The van der Waals surface area contributed by atoms with Crippen molar-refractivity contribution >= 4 is 0 Å². The summed E-state index contributed by atoms with van der Waals surface area (Å²) < 4.78 is 0. The van der Waals surface area contributed by atoms with Crippen LogP contribution in [0.3, 0.4) is 0 Å². The molecule has 0 radical (unpaired) electrons. The van der Waals surface area contributed by atoms with Gasteiger partial charge < -0.3 is 4.98 Å². The van der Waals surface area contributed by atoms with Crippen molar-refractivity contribution in [3.05, 3.63) is 23.0 Å². The van der Waals surface area contributed by atoms with E-state index in [-0.39, 0.29) is 0 Å². The highest BCUT2D eigenvalue weighted by Gasteiger charge is 2.11. The second kappa shape index (κ2) is 3.06. The van der Waals surface area contributed by atoms with Crippen molar-refractivity contribution in [3.63, 3.8) is 0 Å². The quantitative estimate of drug-likeness (QED) is 0.604. The van der Waals surface area contributed by atoms with Crippen LogP contribution >= 0.6 is 0 Å². The Morgan fingerprint density at radius 2 is 2.25 bits per heavy atom. The Bertz CT molecular complexity index is 291. The summed E-state index contributed by atoms with van der Waals surface area (Å²) >= 11 is 0. The number of rotatable bonds is 1. The summed E-state index contributed by atoms with van der Waals surface area (Å²) in [7, 11) is 0. The van der Waals surface area contributed by atoms with Gasteiger partial charge in [-0.05, 0) is 37.3 Å². The molecule has 0 fully saturated rings. The van der Waals surface area contributed by atoms with Crippen LogP contribution in [-0.4, -0.2) is 4.98 Å². The Morgan fingerprint density at radius 3 is 3.00 bits per heavy atom. The zero-order valence-corrected chi connectivity index (χ0v) is 7.19. The summed E-state index contributed by atoms with van der Waals surface area (Å²) in [5.74, 6) is 2.66. The highest BCUT2D eigenvalue weighted by atomic mass is 14.7. The van der Waals surface area contributed by atoms with Gasteiger partial charge in [0.15, 0.2) is 0 Å². The molecule has 1 heterocycles. The van der Waals surface area contributed by atoms with E-state index in [4.69, 9.17) is 6.42 Å². The zero-order valence-electron chi connectivity index (χ0n) is 7.19. The smallest absolute Gasteiger partial charge is 0.0489 e. The normalized spacial score (nSPS) is 15.2. The maximum atomic E-state index is 5.25. The molecule has 1 heteroatoms. The van der Waals surface area contributed by atoms with Crippen LogP contribution in [0, 0.1) is 12.3 Å². The molecule has 0 amide bonds. The monoisotopic (exact) mass is 159 g/mol. The first-order chi connectivity index (χ1) is 5.90. The first kappa shape index (κ1) is 7.49. The van der Waals surface area contributed by atoms with Gasteiger partial charge in [0.05, 0.1) is 0 Å². The molecule has 1 aromatic rings. The molecule has 0 saturated heterocycles. The lowest BCUT2D eigenvalue weighted by Crippen LogP contribution is -1.99. The zero-order chi connectivity index (χ0) is 8.39. The Hall–Kier alpha value is -1.16. The standard InChI is InChI=1S/C11H13N/c1-2-5-10-8-9-6-3-4-7-11(9)12-10/h1,8,12H,3-7H2. The molecule has 1 aliphatic carbocycles. The summed E-state index contributed by atoms with van der Waals surface area (Å²) in [6.45, 7) is 0. The van der Waals surface area contributed by atoms with E-state index in [1.165, 1.54) is 42.6 Å². The molecule has 1 nitrogen and oxygen atoms in total. The highest BCUT2D eigenvalue weighted by molar-refractivity contribution is 5.29. The third-order valence-electron chi connectivity index (χ3n) is 2.46. The number of hydrogen-bond acceptors (Lipinski definition) is 0. The number of aromatic nitrogens is 1. The van der Waals surface area contributed by atoms with Crippen LogP contribution in [-0.2, 0) is 19.3 Å². The first-order valence-electron chi connectivity index (χ1n) is 4.53. The van der Waals surface area contributed by atoms with Gasteiger partial charge in [0.25, 0.3) is 0 Å². The molecule has 1 N–H and O–H groups in total. The van der Waals surface area contributed by atoms with Crippen molar-refractivity contribution in [3.8, 4) is 12.3 Å². The molecule has 2 rings (SSSR count). The average molecular weight is 159 g/mol. The van der Waals surface area contributed by atoms with Crippen LogP contribution in [0.2, 0.25) is 0 Å². The summed E-state index contributed by atoms with van der Waals surface area (Å²) in [6.07, 6.45) is 11.1. The van der Waals surface area contributed by atoms with Crippen molar-refractivity contribution in [2.24, 2.45) is 0 Å². The van der Waals surface area contributed by atoms with Crippen molar-refractivity contribution < 1.29 is 0 Å². The van der Waals surface area contributed by atoms with E-state index >= 15 is 0 Å². The van der Waals surface area contributed by atoms with Crippen LogP contribution in [0.15, 0.2) is 6.07 Å². The minimum absolute atomic E-state index is 0.743. The van der Waals surface area contributed by atoms with E-state index in [9.17, 15) is 0 Å². The summed E-state index contributed by atoms with van der Waals surface area (Å²) in [5, 5.41) is 0. The van der Waals surface area contributed by atoms with Gasteiger partial charge in [0, 0.05) is 17.8 Å². The fraction of sp³-hybridized carbons (Fsp3) is 0.455. The van der Waals surface area contributed by atoms with Gasteiger partial charge in [-0.3, -0.25) is 0 Å². The van der Waals surface area contributed by atoms with E-state index in [0.29, 0.717) is 0 Å². The molecule has 12 heavy (non-hydrogen) atoms. The SMILES string of the molecule is C#CCc1cc2c([nH]1)CCCC2. The van der Waals surface area contributed by atoms with E-state index in [1.807, 2.05) is 0 Å². The predicted octanol–water partition coefficient (Wildman–Crippen LogP) is 2.07. The number of H-pyrrole nitrogens is 1. The lowest BCUT2D eigenvalue weighted by atomic mass is 9.98. The lowest BCUT2D eigenvalue weighted by molar-refractivity contribution is 0.676. The molecular formula is C11H13N. The van der Waals surface area contributed by atoms with Gasteiger partial charge in [0.1, 0.15) is 0 Å². The van der Waals surface area contributed by atoms with E-state index in [0.717, 1.165) is 6.42 Å². The predicted molar refractivity (Wildman–Crippen MR) is 50.0 cm³/mol. The van der Waals surface area contributed by atoms with E-state index < -0.39 is 0 Å². The van der Waals surface area contributed by atoms with Gasteiger partial charge in [-0.2, -0.15) is 0 Å². The largest absolute Gasteiger partial charge is 0.361 e. The van der Waals surface area contributed by atoms with Crippen LogP contribution in [0.1, 0.15) is 29.8 Å². The van der Waals surface area contributed by atoms with Crippen molar-refractivity contribution in [2.45, 2.75) is 32.1 Å². The number of aromatic amines is 1. The fourth-order valence-corrected chi connectivity index (χ4v) is 1.88. The molecule has 0 aliphatic heterocycles. The van der Waals surface area contributed by atoms with Crippen LogP contribution in [0.25, 0.3) is 0 Å². The van der Waals surface area contributed by atoms with Crippen LogP contribution in [0.4, 0.5) is 0 Å². The molecule has 0 unspecified atom stereocenters. The van der Waals surface area contributed by atoms with E-state index in [1.54, 1.807) is 0 Å². The Morgan fingerprint density at radius 1 is 1.42 bits per heavy atom. The molecule has 62 valence electrons. The van der Waals surface area contributed by atoms with Crippen LogP contribution < -0.4 is 0 Å². The van der Waals surface area contributed by atoms with Crippen molar-refractivity contribution in [1.82, 2.24) is 4.98 Å². The fourth-order valence-electron chi connectivity index (χ4n) is 1.88. The minimum atomic E-state index is 0.743. The molecule has 1 aliphatic rings. The molecule has 0 aromatic carbocycles. The first-order valence-corrected chi connectivity index (χ1v) is 4.53. The van der Waals surface area contributed by atoms with Gasteiger partial charge >= 0.3 is 0 Å². The van der Waals surface area contributed by atoms with Gasteiger partial charge in [0.2, 0.25) is 0 Å².